The maximum absolute atomic E-state index is 14.6. The number of para-hydroxylation sites is 1. The van der Waals surface area contributed by atoms with E-state index >= 15 is 0 Å². The molecular weight excluding hydrogens is 825 g/mol. The average molecular weight is 861 g/mol. The summed E-state index contributed by atoms with van der Waals surface area (Å²) in [6.07, 6.45) is 3.43. The van der Waals surface area contributed by atoms with Crippen LogP contribution >= 0.6 is 22.7 Å². The number of rotatable bonds is 9. The molecule has 10 aromatic rings. The average Bonchev–Trinajstić information content (AvgIpc) is 4.13. The molecule has 7 aromatic heterocycles. The highest BCUT2D eigenvalue weighted by Crippen LogP contribution is 2.32. The number of nitrogens with zero attached hydrogens (tertiary/aromatic N) is 7. The predicted octanol–water partition coefficient (Wildman–Crippen LogP) is 7.49. The van der Waals surface area contributed by atoms with Crippen LogP contribution in [0.4, 0.5) is 0 Å². The number of benzene rings is 3. The van der Waals surface area contributed by atoms with Gasteiger partial charge in [-0.05, 0) is 68.0 Å². The van der Waals surface area contributed by atoms with Crippen LogP contribution < -0.4 is 22.2 Å². The van der Waals surface area contributed by atoms with Gasteiger partial charge in [0.25, 0.3) is 22.2 Å². The zero-order chi connectivity index (χ0) is 42.4. The molecule has 308 valence electrons. The monoisotopic (exact) mass is 860 g/mol. The first kappa shape index (κ1) is 37.7. The Bertz CT molecular complexity index is 3670. The van der Waals surface area contributed by atoms with Crippen LogP contribution in [0.3, 0.4) is 0 Å². The van der Waals surface area contributed by atoms with E-state index < -0.39 is 0 Å². The molecule has 3 aromatic carbocycles. The molecule has 8 heterocycles. The third kappa shape index (κ3) is 6.12. The van der Waals surface area contributed by atoms with Crippen molar-refractivity contribution in [2.45, 2.75) is 46.5 Å². The summed E-state index contributed by atoms with van der Waals surface area (Å²) >= 11 is 2.75. The second kappa shape index (κ2) is 14.4. The number of fused-ring (bicyclic) bond motifs is 4. The first-order valence-corrected chi connectivity index (χ1v) is 21.7. The van der Waals surface area contributed by atoms with Gasteiger partial charge in [0.05, 0.1) is 68.1 Å². The van der Waals surface area contributed by atoms with Gasteiger partial charge < -0.3 is 18.3 Å². The summed E-state index contributed by atoms with van der Waals surface area (Å²) in [5, 5.41) is 4.88. The highest BCUT2D eigenvalue weighted by Gasteiger charge is 2.26. The summed E-state index contributed by atoms with van der Waals surface area (Å²) in [6.45, 7) is 6.39. The van der Waals surface area contributed by atoms with Crippen molar-refractivity contribution in [2.75, 3.05) is 0 Å². The number of aryl methyl sites for hydroxylation is 2. The fourth-order valence-corrected chi connectivity index (χ4v) is 10.3. The van der Waals surface area contributed by atoms with Crippen LogP contribution in [0.25, 0.3) is 63.8 Å². The first-order chi connectivity index (χ1) is 30.1. The van der Waals surface area contributed by atoms with Gasteiger partial charge in [-0.3, -0.25) is 29.0 Å². The van der Waals surface area contributed by atoms with E-state index in [9.17, 15) is 19.2 Å². The van der Waals surface area contributed by atoms with Gasteiger partial charge in [-0.2, -0.15) is 9.36 Å². The maximum Gasteiger partial charge on any atom is 0.283 e. The molecule has 16 heteroatoms. The Kier molecular flexibility index (Phi) is 8.76. The SMILES string of the molecule is Cc1c2c(=O)n(-c3nc4ccccc4s3)[nH]c2cc(=O)n1Cc1ccc(-c2ccc3nc(-n4c(=O)c5c(C)n(CC6OC=CC6C)c(=O)cc5n4Cc4ccccc4)sc3c2)o1. The summed E-state index contributed by atoms with van der Waals surface area (Å²) in [7, 11) is 0. The van der Waals surface area contributed by atoms with E-state index in [2.05, 4.69) is 10.1 Å². The Hall–Kier alpha value is -7.30. The maximum atomic E-state index is 14.6. The molecule has 2 unspecified atom stereocenters. The van der Waals surface area contributed by atoms with Crippen molar-refractivity contribution >= 4 is 64.9 Å². The summed E-state index contributed by atoms with van der Waals surface area (Å²) < 4.78 is 21.9. The normalized spacial score (nSPS) is 15.2. The summed E-state index contributed by atoms with van der Waals surface area (Å²) in [4.78, 5) is 65.0. The summed E-state index contributed by atoms with van der Waals surface area (Å²) in [6, 6.07) is 29.9. The number of furan rings is 1. The smallest absolute Gasteiger partial charge is 0.283 e. The van der Waals surface area contributed by atoms with Crippen molar-refractivity contribution in [1.29, 1.82) is 0 Å². The number of nitrogens with one attached hydrogen (secondary N) is 1. The fourth-order valence-electron chi connectivity index (χ4n) is 8.41. The van der Waals surface area contributed by atoms with Crippen molar-refractivity contribution in [3.8, 4) is 21.6 Å². The molecule has 0 fully saturated rings. The number of ether oxygens (including phenoxy) is 1. The molecule has 0 amide bonds. The molecule has 0 radical (unpaired) electrons. The van der Waals surface area contributed by atoms with E-state index in [0.29, 0.717) is 73.6 Å². The van der Waals surface area contributed by atoms with E-state index in [0.717, 1.165) is 26.0 Å². The lowest BCUT2D eigenvalue weighted by Gasteiger charge is -2.19. The third-order valence-electron chi connectivity index (χ3n) is 11.7. The van der Waals surface area contributed by atoms with Gasteiger partial charge in [-0.15, -0.1) is 0 Å². The van der Waals surface area contributed by atoms with Gasteiger partial charge in [0.1, 0.15) is 17.6 Å². The van der Waals surface area contributed by atoms with Gasteiger partial charge >= 0.3 is 0 Å². The number of H-pyrrole nitrogens is 1. The van der Waals surface area contributed by atoms with Crippen LogP contribution in [0.1, 0.15) is 29.6 Å². The number of aromatic nitrogens is 8. The third-order valence-corrected chi connectivity index (χ3v) is 13.8. The van der Waals surface area contributed by atoms with Crippen LogP contribution in [0.5, 0.6) is 0 Å². The molecule has 62 heavy (non-hydrogen) atoms. The van der Waals surface area contributed by atoms with Gasteiger partial charge in [0, 0.05) is 35.0 Å². The van der Waals surface area contributed by atoms with E-state index in [-0.39, 0.29) is 40.8 Å². The lowest BCUT2D eigenvalue weighted by molar-refractivity contribution is 0.120. The predicted molar refractivity (Wildman–Crippen MR) is 241 cm³/mol. The number of hydrogen-bond acceptors (Lipinski definition) is 10. The highest BCUT2D eigenvalue weighted by molar-refractivity contribution is 7.21. The lowest BCUT2D eigenvalue weighted by Crippen LogP contribution is -2.31. The number of pyridine rings is 2. The topological polar surface area (TPSA) is 157 Å². The molecule has 0 bridgehead atoms. The van der Waals surface area contributed by atoms with Crippen molar-refractivity contribution in [1.82, 2.24) is 38.2 Å². The van der Waals surface area contributed by atoms with Crippen LogP contribution in [-0.4, -0.2) is 44.4 Å². The molecule has 2 atom stereocenters. The molecule has 11 rings (SSSR count). The second-order valence-electron chi connectivity index (χ2n) is 15.6. The molecule has 0 saturated carbocycles. The van der Waals surface area contributed by atoms with Crippen LogP contribution in [0.2, 0.25) is 0 Å². The largest absolute Gasteiger partial charge is 0.496 e. The minimum atomic E-state index is -0.291. The van der Waals surface area contributed by atoms with Crippen molar-refractivity contribution < 1.29 is 9.15 Å². The molecule has 0 saturated heterocycles. The molecule has 14 nitrogen and oxygen atoms in total. The standard InChI is InChI=1S/C46H36N8O6S2/c1-25-17-18-59-36(25)24-51-27(3)42-34(21-40(51)56)52(22-28-9-5-4-6-10-28)54(44(42)58)46-48-32-15-13-29(19-38(32)62-46)35-16-14-30(60-35)23-50-26(2)41-33(20-39(50)55)49-53(43(41)57)45-47-31-11-7-8-12-37(31)61-45/h4-21,25,36,49H,22-24H2,1-3H3. The Morgan fingerprint density at radius 3 is 2.27 bits per heavy atom. The Balaban J connectivity index is 0.933. The van der Waals surface area contributed by atoms with Gasteiger partial charge in [-0.25, -0.2) is 9.97 Å². The fraction of sp³-hybridized carbons (Fsp3) is 0.174. The second-order valence-corrected chi connectivity index (χ2v) is 17.6. The zero-order valence-corrected chi connectivity index (χ0v) is 35.2. The lowest BCUT2D eigenvalue weighted by atomic mass is 10.1. The van der Waals surface area contributed by atoms with Crippen molar-refractivity contribution in [3.05, 3.63) is 174 Å². The van der Waals surface area contributed by atoms with E-state index in [1.54, 1.807) is 28.5 Å². The van der Waals surface area contributed by atoms with Gasteiger partial charge in [0.15, 0.2) is 0 Å². The van der Waals surface area contributed by atoms with E-state index in [1.165, 1.54) is 38.0 Å². The van der Waals surface area contributed by atoms with Crippen molar-refractivity contribution in [2.24, 2.45) is 5.92 Å². The van der Waals surface area contributed by atoms with Gasteiger partial charge in [-0.1, -0.05) is 72.1 Å². The number of aromatic amines is 1. The Morgan fingerprint density at radius 2 is 1.47 bits per heavy atom. The van der Waals surface area contributed by atoms with Crippen LogP contribution in [-0.2, 0) is 24.4 Å². The van der Waals surface area contributed by atoms with Crippen molar-refractivity contribution in [3.63, 3.8) is 0 Å². The highest BCUT2D eigenvalue weighted by atomic mass is 32.1. The molecular formula is C46H36N8O6S2. The molecule has 1 N–H and O–H groups in total. The Morgan fingerprint density at radius 1 is 0.726 bits per heavy atom. The van der Waals surface area contributed by atoms with Gasteiger partial charge in [0.2, 0.25) is 10.3 Å². The summed E-state index contributed by atoms with van der Waals surface area (Å²) in [5.74, 6) is 1.24. The first-order valence-electron chi connectivity index (χ1n) is 20.0. The van der Waals surface area contributed by atoms with Crippen LogP contribution in [0, 0.1) is 19.8 Å². The van der Waals surface area contributed by atoms with E-state index in [1.807, 2.05) is 110 Å². The zero-order valence-electron chi connectivity index (χ0n) is 33.6. The molecule has 0 aliphatic carbocycles. The minimum Gasteiger partial charge on any atom is -0.496 e. The Labute approximate surface area is 358 Å². The minimum absolute atomic E-state index is 0.113. The van der Waals surface area contributed by atoms with E-state index in [4.69, 9.17) is 14.1 Å². The molecule has 0 spiro atoms. The molecule has 1 aliphatic heterocycles. The number of hydrogen-bond donors (Lipinski definition) is 1. The summed E-state index contributed by atoms with van der Waals surface area (Å²) in [5.41, 5.74) is 4.22. The van der Waals surface area contributed by atoms with Crippen LogP contribution in [0.15, 0.2) is 133 Å². The quantitative estimate of drug-likeness (QED) is 0.157. The number of thiazole rings is 2. The molecule has 1 aliphatic rings.